The van der Waals surface area contributed by atoms with Crippen LogP contribution in [0.3, 0.4) is 0 Å². The Bertz CT molecular complexity index is 685. The summed E-state index contributed by atoms with van der Waals surface area (Å²) in [6, 6.07) is 8.21. The van der Waals surface area contributed by atoms with Crippen LogP contribution in [-0.2, 0) is 13.0 Å². The fraction of sp³-hybridized carbons (Fsp3) is 0.412. The first-order valence-corrected chi connectivity index (χ1v) is 8.59. The van der Waals surface area contributed by atoms with Crippen LogP contribution in [0.1, 0.15) is 21.1 Å². The van der Waals surface area contributed by atoms with Gasteiger partial charge in [0.1, 0.15) is 11.9 Å². The Kier molecular flexibility index (Phi) is 4.81. The number of benzene rings is 1. The molecule has 1 aliphatic rings. The molecule has 1 aromatic carbocycles. The van der Waals surface area contributed by atoms with Crippen LogP contribution in [0.25, 0.3) is 0 Å². The number of aryl methyl sites for hydroxylation is 2. The monoisotopic (exact) mass is 330 g/mol. The van der Waals surface area contributed by atoms with Crippen LogP contribution in [0.5, 0.6) is 5.75 Å². The first-order valence-electron chi connectivity index (χ1n) is 7.77. The van der Waals surface area contributed by atoms with Crippen molar-refractivity contribution in [1.29, 1.82) is 0 Å². The Morgan fingerprint density at radius 1 is 1.35 bits per heavy atom. The highest BCUT2D eigenvalue weighted by Gasteiger charge is 2.22. The van der Waals surface area contributed by atoms with Gasteiger partial charge in [-0.3, -0.25) is 4.99 Å². The Labute approximate surface area is 140 Å². The number of nitrogens with one attached hydrogen (secondary N) is 2. The number of fused-ring (bicyclic) bond motifs is 1. The molecule has 0 aliphatic carbocycles. The average Bonchev–Trinajstić information content (AvgIpc) is 3.09. The molecule has 1 atom stereocenters. The van der Waals surface area contributed by atoms with E-state index in [9.17, 15) is 0 Å². The van der Waals surface area contributed by atoms with E-state index < -0.39 is 0 Å². The minimum absolute atomic E-state index is 0.151. The second-order valence-electron chi connectivity index (χ2n) is 5.60. The third-order valence-electron chi connectivity index (χ3n) is 3.85. The number of aromatic nitrogens is 1. The summed E-state index contributed by atoms with van der Waals surface area (Å²) in [7, 11) is 1.78. The van der Waals surface area contributed by atoms with Crippen LogP contribution in [0, 0.1) is 13.8 Å². The van der Waals surface area contributed by atoms with Gasteiger partial charge in [0.15, 0.2) is 5.96 Å². The standard InChI is InChI=1S/C17H22N4OS/c1-11-16(23-12(2)21-11)10-20-17(18-3)19-9-14-8-13-6-4-5-7-15(13)22-14/h4-7,14H,8-10H2,1-3H3,(H2,18,19,20). The zero-order valence-electron chi connectivity index (χ0n) is 13.7. The number of ether oxygens (including phenoxy) is 1. The maximum absolute atomic E-state index is 5.93. The Morgan fingerprint density at radius 2 is 2.17 bits per heavy atom. The molecule has 1 aliphatic heterocycles. The summed E-state index contributed by atoms with van der Waals surface area (Å²) in [6.45, 7) is 5.54. The van der Waals surface area contributed by atoms with E-state index in [1.165, 1.54) is 10.4 Å². The lowest BCUT2D eigenvalue weighted by Crippen LogP contribution is -2.41. The lowest BCUT2D eigenvalue weighted by Gasteiger charge is -2.15. The molecule has 0 bridgehead atoms. The number of hydrogen-bond acceptors (Lipinski definition) is 4. The van der Waals surface area contributed by atoms with Gasteiger partial charge in [0.2, 0.25) is 0 Å². The van der Waals surface area contributed by atoms with Crippen molar-refractivity contribution in [3.63, 3.8) is 0 Å². The molecule has 0 saturated carbocycles. The molecular weight excluding hydrogens is 308 g/mol. The van der Waals surface area contributed by atoms with Crippen molar-refractivity contribution >= 4 is 17.3 Å². The number of nitrogens with zero attached hydrogens (tertiary/aromatic N) is 2. The van der Waals surface area contributed by atoms with Crippen molar-refractivity contribution in [2.24, 2.45) is 4.99 Å². The van der Waals surface area contributed by atoms with Crippen molar-refractivity contribution in [2.75, 3.05) is 13.6 Å². The second kappa shape index (κ2) is 7.00. The van der Waals surface area contributed by atoms with E-state index in [1.807, 2.05) is 26.0 Å². The van der Waals surface area contributed by atoms with Gasteiger partial charge in [-0.15, -0.1) is 11.3 Å². The maximum Gasteiger partial charge on any atom is 0.191 e. The van der Waals surface area contributed by atoms with Crippen LogP contribution in [0.15, 0.2) is 29.3 Å². The van der Waals surface area contributed by atoms with Crippen LogP contribution in [-0.4, -0.2) is 30.6 Å². The van der Waals surface area contributed by atoms with Gasteiger partial charge in [0.25, 0.3) is 0 Å². The van der Waals surface area contributed by atoms with E-state index in [2.05, 4.69) is 32.7 Å². The molecule has 0 radical (unpaired) electrons. The van der Waals surface area contributed by atoms with E-state index in [1.54, 1.807) is 18.4 Å². The second-order valence-corrected chi connectivity index (χ2v) is 6.89. The van der Waals surface area contributed by atoms with Gasteiger partial charge in [-0.25, -0.2) is 4.98 Å². The normalized spacial score (nSPS) is 16.8. The van der Waals surface area contributed by atoms with Crippen LogP contribution in [0.4, 0.5) is 0 Å². The van der Waals surface area contributed by atoms with E-state index in [-0.39, 0.29) is 6.10 Å². The summed E-state index contributed by atoms with van der Waals surface area (Å²) in [5.41, 5.74) is 2.36. The summed E-state index contributed by atoms with van der Waals surface area (Å²) in [6.07, 6.45) is 1.09. The minimum atomic E-state index is 0.151. The number of thiazole rings is 1. The van der Waals surface area contributed by atoms with Gasteiger partial charge in [0, 0.05) is 18.3 Å². The molecule has 0 fully saturated rings. The molecular formula is C17H22N4OS. The predicted molar refractivity (Wildman–Crippen MR) is 94.4 cm³/mol. The highest BCUT2D eigenvalue weighted by atomic mass is 32.1. The Morgan fingerprint density at radius 3 is 2.87 bits per heavy atom. The fourth-order valence-electron chi connectivity index (χ4n) is 2.70. The van der Waals surface area contributed by atoms with Crippen LogP contribution >= 0.6 is 11.3 Å². The van der Waals surface area contributed by atoms with E-state index in [4.69, 9.17) is 4.74 Å². The number of rotatable bonds is 4. The van der Waals surface area contributed by atoms with E-state index in [0.717, 1.165) is 41.9 Å². The lowest BCUT2D eigenvalue weighted by molar-refractivity contribution is 0.235. The molecule has 6 heteroatoms. The SMILES string of the molecule is CN=C(NCc1sc(C)nc1C)NCC1Cc2ccccc2O1. The number of para-hydroxylation sites is 1. The van der Waals surface area contributed by atoms with E-state index >= 15 is 0 Å². The Balaban J connectivity index is 1.48. The van der Waals surface area contributed by atoms with Crippen LogP contribution in [0.2, 0.25) is 0 Å². The summed E-state index contributed by atoms with van der Waals surface area (Å²) < 4.78 is 5.93. The molecule has 1 aromatic heterocycles. The van der Waals surface area contributed by atoms with Gasteiger partial charge < -0.3 is 15.4 Å². The van der Waals surface area contributed by atoms with Crippen molar-refractivity contribution in [3.05, 3.63) is 45.4 Å². The molecule has 2 heterocycles. The fourth-order valence-corrected chi connectivity index (χ4v) is 3.58. The zero-order valence-corrected chi connectivity index (χ0v) is 14.5. The highest BCUT2D eigenvalue weighted by molar-refractivity contribution is 7.11. The summed E-state index contributed by atoms with van der Waals surface area (Å²) in [5.74, 6) is 1.79. The predicted octanol–water partition coefficient (Wildman–Crippen LogP) is 2.43. The summed E-state index contributed by atoms with van der Waals surface area (Å²) in [5, 5.41) is 7.78. The molecule has 3 rings (SSSR count). The first kappa shape index (κ1) is 15.8. The maximum atomic E-state index is 5.93. The molecule has 23 heavy (non-hydrogen) atoms. The zero-order chi connectivity index (χ0) is 16.2. The van der Waals surface area contributed by atoms with Gasteiger partial charge >= 0.3 is 0 Å². The summed E-state index contributed by atoms with van der Waals surface area (Å²) >= 11 is 1.72. The Hall–Kier alpha value is -2.08. The van der Waals surface area contributed by atoms with Crippen molar-refractivity contribution in [1.82, 2.24) is 15.6 Å². The molecule has 2 aromatic rings. The quantitative estimate of drug-likeness (QED) is 0.668. The third-order valence-corrected chi connectivity index (χ3v) is 4.92. The van der Waals surface area contributed by atoms with Crippen LogP contribution < -0.4 is 15.4 Å². The van der Waals surface area contributed by atoms with Gasteiger partial charge in [-0.2, -0.15) is 0 Å². The topological polar surface area (TPSA) is 58.5 Å². The average molecular weight is 330 g/mol. The van der Waals surface area contributed by atoms with Crippen molar-refractivity contribution < 1.29 is 4.74 Å². The minimum Gasteiger partial charge on any atom is -0.488 e. The largest absolute Gasteiger partial charge is 0.488 e. The van der Waals surface area contributed by atoms with Crippen molar-refractivity contribution in [3.8, 4) is 5.75 Å². The first-order chi connectivity index (χ1) is 11.2. The molecule has 0 saturated heterocycles. The highest BCUT2D eigenvalue weighted by Crippen LogP contribution is 2.27. The molecule has 0 spiro atoms. The number of guanidine groups is 1. The summed E-state index contributed by atoms with van der Waals surface area (Å²) in [4.78, 5) is 9.96. The molecule has 2 N–H and O–H groups in total. The molecule has 1 unspecified atom stereocenters. The molecule has 0 amide bonds. The van der Waals surface area contributed by atoms with Crippen molar-refractivity contribution in [2.45, 2.75) is 32.9 Å². The van der Waals surface area contributed by atoms with E-state index in [0.29, 0.717) is 0 Å². The number of aliphatic imine (C=N–C) groups is 1. The molecule has 122 valence electrons. The smallest absolute Gasteiger partial charge is 0.191 e. The number of hydrogen-bond donors (Lipinski definition) is 2. The van der Waals surface area contributed by atoms with Gasteiger partial charge in [0.05, 0.1) is 23.8 Å². The van der Waals surface area contributed by atoms with Gasteiger partial charge in [-0.1, -0.05) is 18.2 Å². The van der Waals surface area contributed by atoms with Gasteiger partial charge in [-0.05, 0) is 25.5 Å². The third kappa shape index (κ3) is 3.82. The lowest BCUT2D eigenvalue weighted by atomic mass is 10.1. The molecule has 5 nitrogen and oxygen atoms in total.